The average Bonchev–Trinajstić information content (AvgIpc) is 2.73. The van der Waals surface area contributed by atoms with Crippen molar-refractivity contribution < 1.29 is 9.53 Å². The standard InChI is InChI=1S/C11H18N2O2S/c1-4-7-13-8-6-12-11(13)16-9(5-2)10(14)15-3/h6,8-9H,4-5,7H2,1-3H3/t9-/m1/s1. The van der Waals surface area contributed by atoms with Gasteiger partial charge in [0.25, 0.3) is 0 Å². The Kier molecular flexibility index (Phi) is 5.38. The molecule has 0 fully saturated rings. The number of thioether (sulfide) groups is 1. The molecule has 0 amide bonds. The number of nitrogens with zero attached hydrogens (tertiary/aromatic N) is 2. The van der Waals surface area contributed by atoms with E-state index < -0.39 is 0 Å². The van der Waals surface area contributed by atoms with E-state index in [4.69, 9.17) is 4.74 Å². The molecule has 0 spiro atoms. The molecule has 16 heavy (non-hydrogen) atoms. The molecule has 0 aliphatic rings. The van der Waals surface area contributed by atoms with Crippen LogP contribution in [0, 0.1) is 0 Å². The molecule has 5 heteroatoms. The summed E-state index contributed by atoms with van der Waals surface area (Å²) >= 11 is 1.47. The number of hydrogen-bond acceptors (Lipinski definition) is 4. The van der Waals surface area contributed by atoms with Gasteiger partial charge in [-0.1, -0.05) is 25.6 Å². The maximum absolute atomic E-state index is 11.5. The molecule has 1 aromatic heterocycles. The number of methoxy groups -OCH3 is 1. The van der Waals surface area contributed by atoms with Crippen molar-refractivity contribution in [2.45, 2.75) is 43.6 Å². The quantitative estimate of drug-likeness (QED) is 0.567. The van der Waals surface area contributed by atoms with E-state index in [0.29, 0.717) is 0 Å². The van der Waals surface area contributed by atoms with E-state index >= 15 is 0 Å². The highest BCUT2D eigenvalue weighted by atomic mass is 32.2. The van der Waals surface area contributed by atoms with E-state index in [0.717, 1.165) is 24.5 Å². The van der Waals surface area contributed by atoms with Crippen LogP contribution in [0.2, 0.25) is 0 Å². The molecule has 1 aromatic rings. The lowest BCUT2D eigenvalue weighted by Crippen LogP contribution is -2.18. The van der Waals surface area contributed by atoms with Crippen LogP contribution in [-0.2, 0) is 16.1 Å². The van der Waals surface area contributed by atoms with Gasteiger partial charge in [0.15, 0.2) is 5.16 Å². The molecule has 1 atom stereocenters. The highest BCUT2D eigenvalue weighted by molar-refractivity contribution is 8.00. The summed E-state index contributed by atoms with van der Waals surface area (Å²) < 4.78 is 6.82. The molecule has 0 saturated heterocycles. The van der Waals surface area contributed by atoms with Crippen LogP contribution < -0.4 is 0 Å². The van der Waals surface area contributed by atoms with Gasteiger partial charge in [0.1, 0.15) is 5.25 Å². The molecule has 0 bridgehead atoms. The monoisotopic (exact) mass is 242 g/mol. The van der Waals surface area contributed by atoms with Crippen molar-refractivity contribution in [3.8, 4) is 0 Å². The minimum atomic E-state index is -0.182. The Labute approximate surface area is 100 Å². The van der Waals surface area contributed by atoms with Gasteiger partial charge in [-0.2, -0.15) is 0 Å². The van der Waals surface area contributed by atoms with E-state index in [9.17, 15) is 4.79 Å². The van der Waals surface area contributed by atoms with Gasteiger partial charge >= 0.3 is 5.97 Å². The SMILES string of the molecule is CCCn1ccnc1S[C@H](CC)C(=O)OC. The van der Waals surface area contributed by atoms with Crippen LogP contribution in [0.3, 0.4) is 0 Å². The van der Waals surface area contributed by atoms with Crippen molar-refractivity contribution in [2.75, 3.05) is 7.11 Å². The predicted molar refractivity (Wildman–Crippen MR) is 64.5 cm³/mol. The van der Waals surface area contributed by atoms with E-state index in [2.05, 4.69) is 16.5 Å². The van der Waals surface area contributed by atoms with Crippen LogP contribution in [0.5, 0.6) is 0 Å². The summed E-state index contributed by atoms with van der Waals surface area (Å²) in [6, 6.07) is 0. The van der Waals surface area contributed by atoms with Gasteiger partial charge in [-0.3, -0.25) is 4.79 Å². The van der Waals surface area contributed by atoms with Crippen molar-refractivity contribution in [1.82, 2.24) is 9.55 Å². The number of aromatic nitrogens is 2. The third-order valence-corrected chi connectivity index (χ3v) is 3.59. The Balaban J connectivity index is 2.69. The molecule has 0 aliphatic heterocycles. The highest BCUT2D eigenvalue weighted by Crippen LogP contribution is 2.24. The van der Waals surface area contributed by atoms with Crippen molar-refractivity contribution >= 4 is 17.7 Å². The molecular formula is C11H18N2O2S. The van der Waals surface area contributed by atoms with E-state index in [1.165, 1.54) is 18.9 Å². The zero-order valence-electron chi connectivity index (χ0n) is 9.97. The first-order chi connectivity index (χ1) is 7.72. The fraction of sp³-hybridized carbons (Fsp3) is 0.636. The maximum atomic E-state index is 11.5. The lowest BCUT2D eigenvalue weighted by Gasteiger charge is -2.12. The van der Waals surface area contributed by atoms with Crippen LogP contribution >= 0.6 is 11.8 Å². The second-order valence-corrected chi connectivity index (χ2v) is 4.61. The zero-order valence-corrected chi connectivity index (χ0v) is 10.8. The Morgan fingerprint density at radius 2 is 2.38 bits per heavy atom. The first-order valence-corrected chi connectivity index (χ1v) is 6.36. The molecule has 90 valence electrons. The molecule has 1 rings (SSSR count). The third-order valence-electron chi connectivity index (χ3n) is 2.22. The summed E-state index contributed by atoms with van der Waals surface area (Å²) in [5.74, 6) is -0.182. The van der Waals surface area contributed by atoms with Gasteiger partial charge < -0.3 is 9.30 Å². The zero-order chi connectivity index (χ0) is 12.0. The molecular weight excluding hydrogens is 224 g/mol. The number of rotatable bonds is 6. The van der Waals surface area contributed by atoms with Gasteiger partial charge in [0.2, 0.25) is 0 Å². The summed E-state index contributed by atoms with van der Waals surface area (Å²) in [6.07, 6.45) is 5.51. The van der Waals surface area contributed by atoms with Crippen LogP contribution in [0.4, 0.5) is 0 Å². The number of esters is 1. The topological polar surface area (TPSA) is 44.1 Å². The third kappa shape index (κ3) is 3.27. The second-order valence-electron chi connectivity index (χ2n) is 3.44. The van der Waals surface area contributed by atoms with Gasteiger partial charge in [0.05, 0.1) is 7.11 Å². The van der Waals surface area contributed by atoms with Crippen LogP contribution in [-0.4, -0.2) is 27.9 Å². The fourth-order valence-corrected chi connectivity index (χ4v) is 2.40. The lowest BCUT2D eigenvalue weighted by molar-refractivity contribution is -0.140. The van der Waals surface area contributed by atoms with E-state index in [1.54, 1.807) is 6.20 Å². The van der Waals surface area contributed by atoms with Gasteiger partial charge in [-0.05, 0) is 12.8 Å². The Bertz CT molecular complexity index is 338. The van der Waals surface area contributed by atoms with Crippen molar-refractivity contribution in [3.05, 3.63) is 12.4 Å². The largest absolute Gasteiger partial charge is 0.468 e. The van der Waals surface area contributed by atoms with Gasteiger partial charge in [-0.15, -0.1) is 0 Å². The molecule has 0 aromatic carbocycles. The Morgan fingerprint density at radius 3 is 2.94 bits per heavy atom. The van der Waals surface area contributed by atoms with Crippen LogP contribution in [0.1, 0.15) is 26.7 Å². The molecule has 0 saturated carbocycles. The number of aryl methyl sites for hydroxylation is 1. The Hall–Kier alpha value is -0.970. The smallest absolute Gasteiger partial charge is 0.319 e. The molecule has 4 nitrogen and oxygen atoms in total. The summed E-state index contributed by atoms with van der Waals surface area (Å²) in [5, 5.41) is 0.724. The summed E-state index contributed by atoms with van der Waals surface area (Å²) in [5.41, 5.74) is 0. The molecule has 0 aliphatic carbocycles. The number of imidazole rings is 1. The van der Waals surface area contributed by atoms with E-state index in [1.807, 2.05) is 13.1 Å². The normalized spacial score (nSPS) is 12.4. The second kappa shape index (κ2) is 6.58. The summed E-state index contributed by atoms with van der Waals surface area (Å²) in [6.45, 7) is 5.02. The van der Waals surface area contributed by atoms with Gasteiger partial charge in [0, 0.05) is 18.9 Å². The lowest BCUT2D eigenvalue weighted by atomic mass is 10.3. The predicted octanol–water partition coefficient (Wildman–Crippen LogP) is 2.34. The molecule has 0 unspecified atom stereocenters. The van der Waals surface area contributed by atoms with Gasteiger partial charge in [-0.25, -0.2) is 4.98 Å². The first-order valence-electron chi connectivity index (χ1n) is 5.48. The number of ether oxygens (including phenoxy) is 1. The number of carbonyl (C=O) groups excluding carboxylic acids is 1. The molecule has 1 heterocycles. The fourth-order valence-electron chi connectivity index (χ4n) is 1.38. The molecule has 0 radical (unpaired) electrons. The highest BCUT2D eigenvalue weighted by Gasteiger charge is 2.20. The summed E-state index contributed by atoms with van der Waals surface area (Å²) in [7, 11) is 1.42. The van der Waals surface area contributed by atoms with Crippen LogP contribution in [0.15, 0.2) is 17.6 Å². The van der Waals surface area contributed by atoms with E-state index in [-0.39, 0.29) is 11.2 Å². The first kappa shape index (κ1) is 13.1. The Morgan fingerprint density at radius 1 is 1.62 bits per heavy atom. The van der Waals surface area contributed by atoms with Crippen molar-refractivity contribution in [3.63, 3.8) is 0 Å². The minimum Gasteiger partial charge on any atom is -0.468 e. The van der Waals surface area contributed by atoms with Crippen molar-refractivity contribution in [2.24, 2.45) is 0 Å². The molecule has 0 N–H and O–H groups in total. The minimum absolute atomic E-state index is 0.164. The summed E-state index contributed by atoms with van der Waals surface area (Å²) in [4.78, 5) is 15.7. The maximum Gasteiger partial charge on any atom is 0.319 e. The van der Waals surface area contributed by atoms with Crippen LogP contribution in [0.25, 0.3) is 0 Å². The average molecular weight is 242 g/mol. The number of carbonyl (C=O) groups is 1. The van der Waals surface area contributed by atoms with Crippen molar-refractivity contribution in [1.29, 1.82) is 0 Å². The number of hydrogen-bond donors (Lipinski definition) is 0.